The average Bonchev–Trinajstić information content (AvgIpc) is 2.81. The van der Waals surface area contributed by atoms with Gasteiger partial charge in [0.05, 0.1) is 10.8 Å². The number of nitro benzene ring substituents is 1. The van der Waals surface area contributed by atoms with E-state index in [0.717, 1.165) is 11.1 Å². The number of primary amides is 1. The van der Waals surface area contributed by atoms with E-state index in [0.29, 0.717) is 12.0 Å². The average molecular weight is 452 g/mol. The molecule has 3 aromatic rings. The van der Waals surface area contributed by atoms with Crippen LogP contribution in [-0.4, -0.2) is 22.8 Å². The molecule has 0 fully saturated rings. The van der Waals surface area contributed by atoms with Crippen LogP contribution in [0.15, 0.2) is 89.8 Å². The van der Waals surface area contributed by atoms with Crippen molar-refractivity contribution in [2.45, 2.75) is 16.9 Å². The highest BCUT2D eigenvalue weighted by atomic mass is 32.2. The summed E-state index contributed by atoms with van der Waals surface area (Å²) >= 11 is 0.521. The van der Waals surface area contributed by atoms with E-state index in [1.807, 2.05) is 60.7 Å². The Morgan fingerprint density at radius 2 is 1.38 bits per heavy atom. The number of rotatable bonds is 9. The van der Waals surface area contributed by atoms with Crippen LogP contribution in [0.1, 0.15) is 17.0 Å². The minimum absolute atomic E-state index is 0.136. The van der Waals surface area contributed by atoms with Crippen molar-refractivity contribution >= 4 is 29.6 Å². The highest BCUT2D eigenvalue weighted by Crippen LogP contribution is 2.35. The van der Waals surface area contributed by atoms with E-state index in [4.69, 9.17) is 15.7 Å². The van der Waals surface area contributed by atoms with Crippen molar-refractivity contribution in [3.8, 4) is 0 Å². The molecule has 1 amide bonds. The Morgan fingerprint density at radius 3 is 1.88 bits per heavy atom. The van der Waals surface area contributed by atoms with Crippen molar-refractivity contribution in [1.82, 2.24) is 0 Å². The van der Waals surface area contributed by atoms with Crippen LogP contribution < -0.4 is 11.5 Å². The maximum absolute atomic E-state index is 12.8. The van der Waals surface area contributed by atoms with Crippen LogP contribution >= 0.6 is 12.0 Å². The van der Waals surface area contributed by atoms with Crippen LogP contribution in [0, 0.1) is 16.0 Å². The highest BCUT2D eigenvalue weighted by molar-refractivity contribution is 7.95. The van der Waals surface area contributed by atoms with E-state index < -0.39 is 34.7 Å². The van der Waals surface area contributed by atoms with E-state index in [1.165, 1.54) is 18.2 Å². The van der Waals surface area contributed by atoms with Crippen molar-refractivity contribution < 1.29 is 18.7 Å². The Hall–Kier alpha value is -3.69. The molecule has 8 nitrogen and oxygen atoms in total. The lowest BCUT2D eigenvalue weighted by atomic mass is 9.76. The van der Waals surface area contributed by atoms with Gasteiger partial charge in [0.25, 0.3) is 5.69 Å². The molecule has 0 aliphatic carbocycles. The van der Waals surface area contributed by atoms with Gasteiger partial charge in [0.1, 0.15) is 23.0 Å². The topological polar surface area (TPSA) is 139 Å². The predicted octanol–water partition coefficient (Wildman–Crippen LogP) is 3.41. The van der Waals surface area contributed by atoms with E-state index >= 15 is 0 Å². The van der Waals surface area contributed by atoms with Gasteiger partial charge in [0, 0.05) is 12.0 Å². The number of amides is 1. The summed E-state index contributed by atoms with van der Waals surface area (Å²) in [6.07, 6.45) is 0. The molecule has 9 heteroatoms. The lowest BCUT2D eigenvalue weighted by Crippen LogP contribution is -2.48. The number of carbonyl (C=O) groups is 2. The normalized spacial score (nSPS) is 12.7. The maximum Gasteiger partial charge on any atom is 0.336 e. The Morgan fingerprint density at radius 1 is 0.875 bits per heavy atom. The second kappa shape index (κ2) is 10.6. The molecule has 32 heavy (non-hydrogen) atoms. The summed E-state index contributed by atoms with van der Waals surface area (Å²) in [6.45, 7) is 0. The fourth-order valence-electron chi connectivity index (χ4n) is 3.44. The Labute approximate surface area is 188 Å². The lowest BCUT2D eigenvalue weighted by molar-refractivity contribution is -0.387. The third-order valence-electron chi connectivity index (χ3n) is 4.94. The van der Waals surface area contributed by atoms with E-state index in [1.54, 1.807) is 6.07 Å². The number of para-hydroxylation sites is 1. The van der Waals surface area contributed by atoms with Crippen LogP contribution in [0.25, 0.3) is 0 Å². The summed E-state index contributed by atoms with van der Waals surface area (Å²) in [6, 6.07) is 22.7. The van der Waals surface area contributed by atoms with Crippen LogP contribution in [0.3, 0.4) is 0 Å². The molecular formula is C23H21N3O5S. The lowest BCUT2D eigenvalue weighted by Gasteiger charge is -2.29. The Bertz CT molecular complexity index is 1060. The zero-order valence-corrected chi connectivity index (χ0v) is 17.7. The molecule has 0 heterocycles. The first-order valence-electron chi connectivity index (χ1n) is 9.66. The molecule has 0 aromatic heterocycles. The molecule has 0 spiro atoms. The van der Waals surface area contributed by atoms with Gasteiger partial charge in [-0.1, -0.05) is 72.8 Å². The Kier molecular flexibility index (Phi) is 7.58. The van der Waals surface area contributed by atoms with Gasteiger partial charge in [-0.15, -0.1) is 0 Å². The first-order chi connectivity index (χ1) is 15.4. The van der Waals surface area contributed by atoms with Crippen molar-refractivity contribution in [3.05, 3.63) is 106 Å². The molecule has 0 saturated heterocycles. The van der Waals surface area contributed by atoms with E-state index in [-0.39, 0.29) is 10.6 Å². The van der Waals surface area contributed by atoms with Gasteiger partial charge in [0.15, 0.2) is 0 Å². The second-order valence-corrected chi connectivity index (χ2v) is 7.74. The molecule has 0 saturated carbocycles. The molecular weight excluding hydrogens is 430 g/mol. The van der Waals surface area contributed by atoms with Gasteiger partial charge in [-0.05, 0) is 17.2 Å². The van der Waals surface area contributed by atoms with Crippen molar-refractivity contribution in [1.29, 1.82) is 0 Å². The van der Waals surface area contributed by atoms with E-state index in [2.05, 4.69) is 0 Å². The van der Waals surface area contributed by atoms with Crippen LogP contribution in [-0.2, 0) is 13.8 Å². The fraction of sp³-hybridized carbons (Fsp3) is 0.130. The molecule has 3 rings (SSSR count). The molecule has 4 N–H and O–H groups in total. The first-order valence-corrected chi connectivity index (χ1v) is 10.4. The van der Waals surface area contributed by atoms with Gasteiger partial charge < -0.3 is 15.7 Å². The first kappa shape index (κ1) is 23.0. The number of nitrogens with zero attached hydrogens (tertiary/aromatic N) is 1. The van der Waals surface area contributed by atoms with E-state index in [9.17, 15) is 19.7 Å². The molecule has 0 radical (unpaired) electrons. The molecule has 0 aliphatic rings. The zero-order chi connectivity index (χ0) is 23.1. The number of hydrogen-bond acceptors (Lipinski definition) is 7. The Balaban J connectivity index is 1.88. The molecule has 164 valence electrons. The van der Waals surface area contributed by atoms with Crippen LogP contribution in [0.5, 0.6) is 0 Å². The SMILES string of the molecule is NC(=O)C(C(c1ccccc1)c1ccccc1)[C@H](N)C(=O)OSc1ccccc1[N+](=O)[O-]. The summed E-state index contributed by atoms with van der Waals surface area (Å²) < 4.78 is 5.17. The molecule has 1 unspecified atom stereocenters. The zero-order valence-electron chi connectivity index (χ0n) is 16.9. The van der Waals surface area contributed by atoms with Gasteiger partial charge >= 0.3 is 5.97 Å². The van der Waals surface area contributed by atoms with Gasteiger partial charge in [0.2, 0.25) is 5.91 Å². The summed E-state index contributed by atoms with van der Waals surface area (Å²) in [5.74, 6) is -3.37. The van der Waals surface area contributed by atoms with Crippen LogP contribution in [0.2, 0.25) is 0 Å². The minimum atomic E-state index is -1.40. The maximum atomic E-state index is 12.8. The monoisotopic (exact) mass is 451 g/mol. The number of benzene rings is 3. The van der Waals surface area contributed by atoms with Gasteiger partial charge in [-0.3, -0.25) is 14.9 Å². The third kappa shape index (κ3) is 5.32. The summed E-state index contributed by atoms with van der Waals surface area (Å²) in [4.78, 5) is 36.0. The predicted molar refractivity (Wildman–Crippen MR) is 120 cm³/mol. The fourth-order valence-corrected chi connectivity index (χ4v) is 4.09. The molecule has 0 aliphatic heterocycles. The van der Waals surface area contributed by atoms with Crippen molar-refractivity contribution in [3.63, 3.8) is 0 Å². The third-order valence-corrected chi connectivity index (χ3v) is 5.71. The summed E-state index contributed by atoms with van der Waals surface area (Å²) in [5.41, 5.74) is 13.2. The highest BCUT2D eigenvalue weighted by Gasteiger charge is 2.39. The molecule has 2 atom stereocenters. The van der Waals surface area contributed by atoms with Crippen molar-refractivity contribution in [2.75, 3.05) is 0 Å². The molecule has 0 bridgehead atoms. The van der Waals surface area contributed by atoms with Gasteiger partial charge in [-0.25, -0.2) is 4.79 Å². The summed E-state index contributed by atoms with van der Waals surface area (Å²) in [7, 11) is 0. The smallest absolute Gasteiger partial charge is 0.336 e. The largest absolute Gasteiger partial charge is 0.385 e. The number of nitro groups is 1. The standard InChI is InChI=1S/C23H21N3O5S/c24-21(23(28)31-32-18-14-8-7-13-17(18)26(29)30)20(22(25)27)19(15-9-3-1-4-10-15)16-11-5-2-6-12-16/h1-14,19-21H,24H2,(H2,25,27)/t20?,21-/m0/s1. The minimum Gasteiger partial charge on any atom is -0.385 e. The quantitative estimate of drug-likeness (QED) is 0.289. The molecule has 3 aromatic carbocycles. The summed E-state index contributed by atoms with van der Waals surface area (Å²) in [5, 5.41) is 11.2. The number of nitrogens with two attached hydrogens (primary N) is 2. The number of carbonyl (C=O) groups excluding carboxylic acids is 2. The van der Waals surface area contributed by atoms with Crippen molar-refractivity contribution in [2.24, 2.45) is 17.4 Å². The second-order valence-electron chi connectivity index (χ2n) is 6.96. The van der Waals surface area contributed by atoms with Gasteiger partial charge in [-0.2, -0.15) is 0 Å². The number of hydrogen-bond donors (Lipinski definition) is 2. The van der Waals surface area contributed by atoms with Crippen LogP contribution in [0.4, 0.5) is 5.69 Å².